The van der Waals surface area contributed by atoms with Crippen LogP contribution >= 0.6 is 15.9 Å². The van der Waals surface area contributed by atoms with Gasteiger partial charge in [-0.1, -0.05) is 28.1 Å². The molecule has 7 nitrogen and oxygen atoms in total. The zero-order valence-electron chi connectivity index (χ0n) is 15.2. The van der Waals surface area contributed by atoms with E-state index in [1.165, 1.54) is 0 Å². The normalized spacial score (nSPS) is 14.1. The third kappa shape index (κ3) is 4.40. The third-order valence-corrected chi connectivity index (χ3v) is 5.09. The summed E-state index contributed by atoms with van der Waals surface area (Å²) in [5, 5.41) is 9.98. The molecular weight excluding hydrogens is 422 g/mol. The first kappa shape index (κ1) is 18.6. The van der Waals surface area contributed by atoms with Gasteiger partial charge < -0.3 is 15.0 Å². The molecule has 1 fully saturated rings. The van der Waals surface area contributed by atoms with Crippen LogP contribution in [-0.2, 0) is 11.3 Å². The fraction of sp³-hybridized carbons (Fsp3) is 0.250. The Morgan fingerprint density at radius 2 is 1.96 bits per heavy atom. The van der Waals surface area contributed by atoms with Crippen LogP contribution in [-0.4, -0.2) is 47.4 Å². The number of nitrogens with zero attached hydrogens (tertiary/aromatic N) is 3. The summed E-state index contributed by atoms with van der Waals surface area (Å²) in [6, 6.07) is 13.5. The first-order valence-corrected chi connectivity index (χ1v) is 9.85. The molecule has 4 rings (SSSR count). The third-order valence-electron chi connectivity index (χ3n) is 4.56. The molecule has 0 saturated carbocycles. The molecule has 1 aliphatic heterocycles. The number of rotatable bonds is 5. The van der Waals surface area contributed by atoms with Crippen LogP contribution in [0, 0.1) is 0 Å². The average Bonchev–Trinajstić information content (AvgIpc) is 3.24. The van der Waals surface area contributed by atoms with E-state index in [-0.39, 0.29) is 5.91 Å². The molecule has 1 aromatic carbocycles. The lowest BCUT2D eigenvalue weighted by atomic mass is 10.1. The van der Waals surface area contributed by atoms with Crippen molar-refractivity contribution in [1.82, 2.24) is 20.5 Å². The number of aromatic nitrogens is 3. The van der Waals surface area contributed by atoms with Crippen molar-refractivity contribution in [3.8, 4) is 11.3 Å². The molecule has 28 heavy (non-hydrogen) atoms. The lowest BCUT2D eigenvalue weighted by Gasteiger charge is -2.28. The number of hydrogen-bond acceptors (Lipinski definition) is 5. The molecule has 0 radical (unpaired) electrons. The summed E-state index contributed by atoms with van der Waals surface area (Å²) in [5.41, 5.74) is 3.11. The molecule has 3 aromatic rings. The van der Waals surface area contributed by atoms with E-state index in [4.69, 9.17) is 4.74 Å². The number of amides is 1. The fourth-order valence-electron chi connectivity index (χ4n) is 3.02. The van der Waals surface area contributed by atoms with Crippen LogP contribution in [0.25, 0.3) is 11.3 Å². The van der Waals surface area contributed by atoms with Gasteiger partial charge in [0.15, 0.2) is 0 Å². The second kappa shape index (κ2) is 8.53. The summed E-state index contributed by atoms with van der Waals surface area (Å²) in [6.07, 6.45) is 1.77. The highest BCUT2D eigenvalue weighted by molar-refractivity contribution is 9.10. The van der Waals surface area contributed by atoms with Crippen molar-refractivity contribution in [3.63, 3.8) is 0 Å². The number of halogens is 1. The van der Waals surface area contributed by atoms with Crippen molar-refractivity contribution in [2.75, 3.05) is 31.2 Å². The van der Waals surface area contributed by atoms with Gasteiger partial charge in [-0.15, -0.1) is 0 Å². The van der Waals surface area contributed by atoms with E-state index in [0.29, 0.717) is 25.5 Å². The Balaban J connectivity index is 1.39. The van der Waals surface area contributed by atoms with E-state index < -0.39 is 0 Å². The van der Waals surface area contributed by atoms with E-state index >= 15 is 0 Å². The Morgan fingerprint density at radius 3 is 2.75 bits per heavy atom. The average molecular weight is 442 g/mol. The summed E-state index contributed by atoms with van der Waals surface area (Å²) >= 11 is 3.41. The molecule has 1 aliphatic rings. The predicted octanol–water partition coefficient (Wildman–Crippen LogP) is 3.00. The Kier molecular flexibility index (Phi) is 5.68. The van der Waals surface area contributed by atoms with Crippen LogP contribution in [0.3, 0.4) is 0 Å². The van der Waals surface area contributed by atoms with Gasteiger partial charge in [0.25, 0.3) is 5.91 Å². The molecule has 0 atom stereocenters. The first-order chi connectivity index (χ1) is 13.7. The number of H-pyrrole nitrogens is 1. The van der Waals surface area contributed by atoms with Crippen LogP contribution in [0.2, 0.25) is 0 Å². The minimum Gasteiger partial charge on any atom is -0.378 e. The van der Waals surface area contributed by atoms with E-state index in [2.05, 4.69) is 41.3 Å². The minimum absolute atomic E-state index is 0.194. The second-order valence-electron chi connectivity index (χ2n) is 6.48. The largest absolute Gasteiger partial charge is 0.378 e. The van der Waals surface area contributed by atoms with Crippen molar-refractivity contribution in [3.05, 3.63) is 64.4 Å². The Morgan fingerprint density at radius 1 is 1.18 bits per heavy atom. The summed E-state index contributed by atoms with van der Waals surface area (Å²) < 4.78 is 6.38. The Bertz CT molecular complexity index is 951. The maximum absolute atomic E-state index is 12.5. The predicted molar refractivity (Wildman–Crippen MR) is 110 cm³/mol. The second-order valence-corrected chi connectivity index (χ2v) is 7.39. The van der Waals surface area contributed by atoms with Crippen LogP contribution < -0.4 is 10.2 Å². The van der Waals surface area contributed by atoms with Gasteiger partial charge in [0.05, 0.1) is 18.9 Å². The Hall–Kier alpha value is -2.71. The van der Waals surface area contributed by atoms with Gasteiger partial charge in [-0.3, -0.25) is 9.89 Å². The quantitative estimate of drug-likeness (QED) is 0.635. The molecule has 144 valence electrons. The molecular formula is C20H20BrN5O2. The van der Waals surface area contributed by atoms with E-state index in [0.717, 1.165) is 40.2 Å². The Labute approximate surface area is 171 Å². The number of carbonyl (C=O) groups excluding carboxylic acids is 1. The molecule has 3 heterocycles. The van der Waals surface area contributed by atoms with Crippen LogP contribution in [0.4, 0.5) is 5.82 Å². The van der Waals surface area contributed by atoms with Crippen molar-refractivity contribution < 1.29 is 9.53 Å². The summed E-state index contributed by atoms with van der Waals surface area (Å²) in [7, 11) is 0. The topological polar surface area (TPSA) is 83.1 Å². The zero-order chi connectivity index (χ0) is 19.3. The van der Waals surface area contributed by atoms with E-state index in [1.54, 1.807) is 12.3 Å². The number of pyridine rings is 1. The van der Waals surface area contributed by atoms with E-state index in [9.17, 15) is 4.79 Å². The van der Waals surface area contributed by atoms with Gasteiger partial charge in [-0.2, -0.15) is 5.10 Å². The molecule has 0 spiro atoms. The zero-order valence-corrected chi connectivity index (χ0v) is 16.8. The van der Waals surface area contributed by atoms with Gasteiger partial charge in [0.1, 0.15) is 11.5 Å². The number of benzene rings is 1. The van der Waals surface area contributed by atoms with Crippen molar-refractivity contribution in [2.24, 2.45) is 0 Å². The summed E-state index contributed by atoms with van der Waals surface area (Å²) in [6.45, 7) is 3.50. The number of hydrogen-bond donors (Lipinski definition) is 2. The van der Waals surface area contributed by atoms with Crippen molar-refractivity contribution in [1.29, 1.82) is 0 Å². The van der Waals surface area contributed by atoms with Gasteiger partial charge in [0.2, 0.25) is 0 Å². The number of anilines is 1. The number of ether oxygens (including phenoxy) is 1. The van der Waals surface area contributed by atoms with Crippen LogP contribution in [0.15, 0.2) is 53.1 Å². The molecule has 1 saturated heterocycles. The molecule has 0 bridgehead atoms. The van der Waals surface area contributed by atoms with Gasteiger partial charge in [0, 0.05) is 35.9 Å². The molecule has 2 aromatic heterocycles. The molecule has 0 aliphatic carbocycles. The molecule has 8 heteroatoms. The maximum atomic E-state index is 12.5. The standard InChI is InChI=1S/C20H20BrN5O2/c21-16-3-1-15(2-4-16)17-12-18(25-24-17)20(27)23-13-14-5-6-22-19(11-14)26-7-9-28-10-8-26/h1-6,11-12H,7-10,13H2,(H,23,27)(H,24,25). The SMILES string of the molecule is O=C(NCc1ccnc(N2CCOCC2)c1)c1cc(-c2ccc(Br)cc2)n[nH]1. The lowest BCUT2D eigenvalue weighted by molar-refractivity contribution is 0.0946. The number of carbonyl (C=O) groups is 1. The smallest absolute Gasteiger partial charge is 0.269 e. The van der Waals surface area contributed by atoms with Crippen molar-refractivity contribution >= 4 is 27.7 Å². The molecule has 0 unspecified atom stereocenters. The summed E-state index contributed by atoms with van der Waals surface area (Å²) in [4.78, 5) is 19.1. The maximum Gasteiger partial charge on any atom is 0.269 e. The van der Waals surface area contributed by atoms with Crippen LogP contribution in [0.1, 0.15) is 16.1 Å². The molecule has 2 N–H and O–H groups in total. The highest BCUT2D eigenvalue weighted by atomic mass is 79.9. The lowest BCUT2D eigenvalue weighted by Crippen LogP contribution is -2.36. The first-order valence-electron chi connectivity index (χ1n) is 9.06. The highest BCUT2D eigenvalue weighted by Crippen LogP contribution is 2.20. The molecule has 1 amide bonds. The minimum atomic E-state index is -0.194. The summed E-state index contributed by atoms with van der Waals surface area (Å²) in [5.74, 6) is 0.717. The number of nitrogens with one attached hydrogen (secondary N) is 2. The fourth-order valence-corrected chi connectivity index (χ4v) is 3.28. The monoisotopic (exact) mass is 441 g/mol. The number of morpholine rings is 1. The van der Waals surface area contributed by atoms with Crippen molar-refractivity contribution in [2.45, 2.75) is 6.54 Å². The van der Waals surface area contributed by atoms with Gasteiger partial charge >= 0.3 is 0 Å². The van der Waals surface area contributed by atoms with Crippen LogP contribution in [0.5, 0.6) is 0 Å². The van der Waals surface area contributed by atoms with Gasteiger partial charge in [-0.05, 0) is 35.9 Å². The van der Waals surface area contributed by atoms with Gasteiger partial charge in [-0.25, -0.2) is 4.98 Å². The van der Waals surface area contributed by atoms with E-state index in [1.807, 2.05) is 36.4 Å². The highest BCUT2D eigenvalue weighted by Gasteiger charge is 2.14. The number of aromatic amines is 1.